The van der Waals surface area contributed by atoms with Gasteiger partial charge in [0.15, 0.2) is 0 Å². The van der Waals surface area contributed by atoms with E-state index in [2.05, 4.69) is 11.8 Å². The third kappa shape index (κ3) is 3.80. The highest BCUT2D eigenvalue weighted by Gasteiger charge is 2.30. The number of sulfonamides is 1. The number of aryl methyl sites for hydroxylation is 1. The molecule has 1 saturated heterocycles. The second-order valence-electron chi connectivity index (χ2n) is 5.80. The van der Waals surface area contributed by atoms with Gasteiger partial charge in [-0.05, 0) is 37.6 Å². The van der Waals surface area contributed by atoms with Gasteiger partial charge < -0.3 is 9.64 Å². The monoisotopic (exact) mass is 326 g/mol. The van der Waals surface area contributed by atoms with E-state index in [1.54, 1.807) is 10.4 Å². The van der Waals surface area contributed by atoms with E-state index in [0.717, 1.165) is 37.9 Å². The summed E-state index contributed by atoms with van der Waals surface area (Å²) in [6.07, 6.45) is 3.15. The van der Waals surface area contributed by atoms with Crippen LogP contribution in [0.1, 0.15) is 25.3 Å². The molecular weight excluding hydrogens is 300 g/mol. The lowest BCUT2D eigenvalue weighted by molar-refractivity contribution is 0.222. The third-order valence-electron chi connectivity index (χ3n) is 4.13. The Morgan fingerprint density at radius 3 is 2.45 bits per heavy atom. The van der Waals surface area contributed by atoms with Gasteiger partial charge in [0.2, 0.25) is 10.0 Å². The molecule has 0 radical (unpaired) electrons. The van der Waals surface area contributed by atoms with Crippen LogP contribution in [0.15, 0.2) is 23.1 Å². The minimum atomic E-state index is -3.48. The molecule has 1 aliphatic heterocycles. The Morgan fingerprint density at radius 1 is 1.18 bits per heavy atom. The largest absolute Gasteiger partial charge is 0.495 e. The predicted molar refractivity (Wildman–Crippen MR) is 87.9 cm³/mol. The minimum Gasteiger partial charge on any atom is -0.495 e. The molecule has 124 valence electrons. The van der Waals surface area contributed by atoms with Crippen LogP contribution in [-0.4, -0.2) is 58.0 Å². The lowest BCUT2D eigenvalue weighted by atomic mass is 10.1. The van der Waals surface area contributed by atoms with E-state index in [1.807, 2.05) is 19.2 Å². The Kier molecular flexibility index (Phi) is 5.83. The number of methoxy groups -OCH3 is 1. The second kappa shape index (κ2) is 7.44. The van der Waals surface area contributed by atoms with Crippen molar-refractivity contribution in [1.82, 2.24) is 9.21 Å². The maximum absolute atomic E-state index is 12.8. The van der Waals surface area contributed by atoms with Gasteiger partial charge in [-0.3, -0.25) is 0 Å². The number of nitrogens with zero attached hydrogens (tertiary/aromatic N) is 2. The molecule has 0 N–H and O–H groups in total. The molecule has 0 aromatic heterocycles. The molecule has 1 aromatic carbocycles. The lowest BCUT2D eigenvalue weighted by Gasteiger charge is -2.31. The molecule has 0 saturated carbocycles. The van der Waals surface area contributed by atoms with E-state index in [0.29, 0.717) is 18.8 Å². The molecule has 2 rings (SSSR count). The summed E-state index contributed by atoms with van der Waals surface area (Å²) >= 11 is 0. The first-order valence-corrected chi connectivity index (χ1v) is 9.28. The topological polar surface area (TPSA) is 49.9 Å². The summed E-state index contributed by atoms with van der Waals surface area (Å²) in [5.74, 6) is 0.451. The third-order valence-corrected chi connectivity index (χ3v) is 6.07. The summed E-state index contributed by atoms with van der Waals surface area (Å²) in [6, 6.07) is 5.46. The average Bonchev–Trinajstić information content (AvgIpc) is 2.53. The summed E-state index contributed by atoms with van der Waals surface area (Å²) in [7, 11) is 0.0529. The Labute approximate surface area is 133 Å². The van der Waals surface area contributed by atoms with Gasteiger partial charge in [0.05, 0.1) is 7.11 Å². The van der Waals surface area contributed by atoms with Crippen molar-refractivity contribution in [2.24, 2.45) is 0 Å². The van der Waals surface area contributed by atoms with Crippen molar-refractivity contribution in [3.05, 3.63) is 23.8 Å². The van der Waals surface area contributed by atoms with Crippen LogP contribution < -0.4 is 4.74 Å². The summed E-state index contributed by atoms with van der Waals surface area (Å²) in [5.41, 5.74) is 1.12. The number of unbranched alkanes of at least 4 members (excludes halogenated alkanes) is 1. The highest BCUT2D eigenvalue weighted by atomic mass is 32.2. The normalized spacial score (nSPS) is 17.6. The van der Waals surface area contributed by atoms with E-state index < -0.39 is 10.0 Å². The van der Waals surface area contributed by atoms with Crippen LogP contribution >= 0.6 is 0 Å². The molecule has 0 bridgehead atoms. The van der Waals surface area contributed by atoms with Gasteiger partial charge >= 0.3 is 0 Å². The smallest absolute Gasteiger partial charge is 0.246 e. The van der Waals surface area contributed by atoms with E-state index in [-0.39, 0.29) is 4.90 Å². The number of benzene rings is 1. The molecular formula is C16H26N2O3S. The van der Waals surface area contributed by atoms with E-state index in [9.17, 15) is 8.42 Å². The van der Waals surface area contributed by atoms with Crippen molar-refractivity contribution >= 4 is 10.0 Å². The fourth-order valence-electron chi connectivity index (χ4n) is 2.63. The van der Waals surface area contributed by atoms with Gasteiger partial charge in [-0.1, -0.05) is 19.4 Å². The van der Waals surface area contributed by atoms with Crippen molar-refractivity contribution < 1.29 is 13.2 Å². The number of rotatable bonds is 6. The van der Waals surface area contributed by atoms with Crippen LogP contribution in [0.3, 0.4) is 0 Å². The number of hydrogen-bond donors (Lipinski definition) is 0. The number of likely N-dealkylation sites (N-methyl/N-ethyl adjacent to an activating group) is 1. The molecule has 1 aromatic rings. The summed E-state index contributed by atoms with van der Waals surface area (Å²) in [5, 5.41) is 0. The summed E-state index contributed by atoms with van der Waals surface area (Å²) in [6.45, 7) is 4.72. The molecule has 0 unspecified atom stereocenters. The van der Waals surface area contributed by atoms with Crippen molar-refractivity contribution in [3.63, 3.8) is 0 Å². The van der Waals surface area contributed by atoms with E-state index >= 15 is 0 Å². The molecule has 0 aliphatic carbocycles. The summed E-state index contributed by atoms with van der Waals surface area (Å²) < 4.78 is 32.6. The van der Waals surface area contributed by atoms with Gasteiger partial charge in [-0.2, -0.15) is 4.31 Å². The highest BCUT2D eigenvalue weighted by molar-refractivity contribution is 7.89. The van der Waals surface area contributed by atoms with Crippen LogP contribution in [0.5, 0.6) is 5.75 Å². The maximum Gasteiger partial charge on any atom is 0.246 e. The standard InChI is InChI=1S/C16H26N2O3S/c1-4-5-6-14-7-8-16(15(13-14)21-3)22(19,20)18-11-9-17(2)10-12-18/h7-8,13H,4-6,9-12H2,1-3H3. The molecule has 6 heteroatoms. The van der Waals surface area contributed by atoms with Gasteiger partial charge in [-0.25, -0.2) is 8.42 Å². The number of piperazine rings is 1. The van der Waals surface area contributed by atoms with Crippen LogP contribution in [-0.2, 0) is 16.4 Å². The second-order valence-corrected chi connectivity index (χ2v) is 7.70. The van der Waals surface area contributed by atoms with Gasteiger partial charge in [0.1, 0.15) is 10.6 Å². The maximum atomic E-state index is 12.8. The fourth-order valence-corrected chi connectivity index (χ4v) is 4.19. The van der Waals surface area contributed by atoms with Crippen LogP contribution in [0, 0.1) is 0 Å². The van der Waals surface area contributed by atoms with Crippen molar-refractivity contribution in [2.45, 2.75) is 31.1 Å². The summed E-state index contributed by atoms with van der Waals surface area (Å²) in [4.78, 5) is 2.41. The molecule has 22 heavy (non-hydrogen) atoms. The first-order chi connectivity index (χ1) is 10.5. The first-order valence-electron chi connectivity index (χ1n) is 7.84. The van der Waals surface area contributed by atoms with Crippen LogP contribution in [0.25, 0.3) is 0 Å². The van der Waals surface area contributed by atoms with Gasteiger partial charge in [0.25, 0.3) is 0 Å². The molecule has 1 fully saturated rings. The van der Waals surface area contributed by atoms with E-state index in [4.69, 9.17) is 4.74 Å². The Balaban J connectivity index is 2.26. The predicted octanol–water partition coefficient (Wildman–Crippen LogP) is 1.97. The zero-order valence-electron chi connectivity index (χ0n) is 13.7. The molecule has 0 spiro atoms. The van der Waals surface area contributed by atoms with Crippen molar-refractivity contribution in [3.8, 4) is 5.75 Å². The van der Waals surface area contributed by atoms with E-state index in [1.165, 1.54) is 7.11 Å². The quantitative estimate of drug-likeness (QED) is 0.802. The van der Waals surface area contributed by atoms with Gasteiger partial charge in [0, 0.05) is 26.2 Å². The zero-order chi connectivity index (χ0) is 16.2. The first kappa shape index (κ1) is 17.2. The Bertz CT molecular complexity index is 593. The van der Waals surface area contributed by atoms with Gasteiger partial charge in [-0.15, -0.1) is 0 Å². The van der Waals surface area contributed by atoms with Crippen LogP contribution in [0.2, 0.25) is 0 Å². The lowest BCUT2D eigenvalue weighted by Crippen LogP contribution is -2.47. The number of ether oxygens (including phenoxy) is 1. The molecule has 0 amide bonds. The minimum absolute atomic E-state index is 0.278. The SMILES string of the molecule is CCCCc1ccc(S(=O)(=O)N2CCN(C)CC2)c(OC)c1. The van der Waals surface area contributed by atoms with Crippen molar-refractivity contribution in [2.75, 3.05) is 40.3 Å². The Morgan fingerprint density at radius 2 is 1.86 bits per heavy atom. The average molecular weight is 326 g/mol. The highest BCUT2D eigenvalue weighted by Crippen LogP contribution is 2.29. The van der Waals surface area contributed by atoms with Crippen molar-refractivity contribution in [1.29, 1.82) is 0 Å². The number of hydrogen-bond acceptors (Lipinski definition) is 4. The molecule has 5 nitrogen and oxygen atoms in total. The zero-order valence-corrected chi connectivity index (χ0v) is 14.5. The Hall–Kier alpha value is -1.11. The fraction of sp³-hybridized carbons (Fsp3) is 0.625. The van der Waals surface area contributed by atoms with Crippen LogP contribution in [0.4, 0.5) is 0 Å². The molecule has 0 atom stereocenters. The molecule has 1 aliphatic rings. The molecule has 1 heterocycles.